The van der Waals surface area contributed by atoms with Gasteiger partial charge in [0.1, 0.15) is 5.52 Å². The molecule has 0 aliphatic carbocycles. The third-order valence-corrected chi connectivity index (χ3v) is 4.36. The molecule has 0 bridgehead atoms. The standard InChI is InChI=1S/C20H24N4O/c1-13(2)16-7-5-15(6-8-16)9-20(25)22-14(3)18-10-17-12-24(4)23-19(17)11-21-18/h5-8,10-14H,9H2,1-4H3,(H,22,25)/t14-/m1/s1. The number of hydrogen-bond acceptors (Lipinski definition) is 3. The quantitative estimate of drug-likeness (QED) is 0.775. The van der Waals surface area contributed by atoms with Gasteiger partial charge in [0.25, 0.3) is 0 Å². The molecule has 0 fully saturated rings. The average Bonchev–Trinajstić information content (AvgIpc) is 2.94. The first-order valence-corrected chi connectivity index (χ1v) is 8.60. The van der Waals surface area contributed by atoms with Crippen molar-refractivity contribution in [2.45, 2.75) is 39.2 Å². The number of fused-ring (bicyclic) bond motifs is 1. The van der Waals surface area contributed by atoms with Crippen molar-refractivity contribution in [2.75, 3.05) is 0 Å². The molecule has 3 aromatic rings. The molecule has 1 N–H and O–H groups in total. The molecule has 0 spiro atoms. The first-order valence-electron chi connectivity index (χ1n) is 8.60. The molecule has 0 unspecified atom stereocenters. The molecule has 3 rings (SSSR count). The number of carbonyl (C=O) groups is 1. The van der Waals surface area contributed by atoms with Crippen LogP contribution in [-0.2, 0) is 18.3 Å². The summed E-state index contributed by atoms with van der Waals surface area (Å²) >= 11 is 0. The van der Waals surface area contributed by atoms with Crippen LogP contribution in [0.25, 0.3) is 10.9 Å². The van der Waals surface area contributed by atoms with Crippen molar-refractivity contribution in [1.29, 1.82) is 0 Å². The van der Waals surface area contributed by atoms with Crippen LogP contribution in [-0.4, -0.2) is 20.7 Å². The minimum atomic E-state index is -0.146. The molecule has 2 heterocycles. The summed E-state index contributed by atoms with van der Waals surface area (Å²) in [6.07, 6.45) is 4.07. The van der Waals surface area contributed by atoms with Gasteiger partial charge < -0.3 is 5.32 Å². The SMILES string of the molecule is CC(C)c1ccc(CC(=O)N[C@H](C)c2cc3cn(C)nc3cn2)cc1. The monoisotopic (exact) mass is 336 g/mol. The number of nitrogens with zero attached hydrogens (tertiary/aromatic N) is 3. The molecule has 5 nitrogen and oxygen atoms in total. The van der Waals surface area contributed by atoms with E-state index in [0.717, 1.165) is 22.2 Å². The third-order valence-electron chi connectivity index (χ3n) is 4.36. The molecule has 1 aromatic carbocycles. The Morgan fingerprint density at radius 3 is 2.60 bits per heavy atom. The maximum absolute atomic E-state index is 12.3. The molecule has 5 heteroatoms. The average molecular weight is 336 g/mol. The Kier molecular flexibility index (Phi) is 4.83. The lowest BCUT2D eigenvalue weighted by atomic mass is 10.0. The van der Waals surface area contributed by atoms with Crippen LogP contribution in [0.2, 0.25) is 0 Å². The maximum atomic E-state index is 12.3. The zero-order valence-electron chi connectivity index (χ0n) is 15.2. The Hall–Kier alpha value is -2.69. The summed E-state index contributed by atoms with van der Waals surface area (Å²) in [5.74, 6) is 0.495. The van der Waals surface area contributed by atoms with Crippen molar-refractivity contribution in [3.63, 3.8) is 0 Å². The molecular formula is C20H24N4O. The molecule has 130 valence electrons. The lowest BCUT2D eigenvalue weighted by Crippen LogP contribution is -2.28. The molecule has 1 amide bonds. The summed E-state index contributed by atoms with van der Waals surface area (Å²) in [7, 11) is 1.88. The van der Waals surface area contributed by atoms with Crippen LogP contribution in [0.4, 0.5) is 0 Å². The first kappa shape index (κ1) is 17.1. The molecule has 0 radical (unpaired) electrons. The van der Waals surface area contributed by atoms with Crippen LogP contribution in [0, 0.1) is 0 Å². The van der Waals surface area contributed by atoms with Crippen LogP contribution in [0.5, 0.6) is 0 Å². The highest BCUT2D eigenvalue weighted by atomic mass is 16.1. The predicted octanol–water partition coefficient (Wildman–Crippen LogP) is 3.51. The van der Waals surface area contributed by atoms with E-state index < -0.39 is 0 Å². The van der Waals surface area contributed by atoms with E-state index >= 15 is 0 Å². The van der Waals surface area contributed by atoms with Gasteiger partial charge in [-0.05, 0) is 30.0 Å². The predicted molar refractivity (Wildman–Crippen MR) is 99.3 cm³/mol. The number of aryl methyl sites for hydroxylation is 1. The molecular weight excluding hydrogens is 312 g/mol. The Balaban J connectivity index is 1.64. The lowest BCUT2D eigenvalue weighted by molar-refractivity contribution is -0.121. The van der Waals surface area contributed by atoms with E-state index in [0.29, 0.717) is 12.3 Å². The topological polar surface area (TPSA) is 59.8 Å². The number of pyridine rings is 1. The molecule has 1 atom stereocenters. The second-order valence-electron chi connectivity index (χ2n) is 6.83. The van der Waals surface area contributed by atoms with Crippen molar-refractivity contribution in [1.82, 2.24) is 20.1 Å². The highest BCUT2D eigenvalue weighted by Crippen LogP contribution is 2.17. The van der Waals surface area contributed by atoms with Gasteiger partial charge in [0.15, 0.2) is 0 Å². The van der Waals surface area contributed by atoms with Gasteiger partial charge in [-0.1, -0.05) is 38.1 Å². The molecule has 0 aliphatic heterocycles. The molecule has 2 aromatic heterocycles. The second-order valence-corrected chi connectivity index (χ2v) is 6.83. The van der Waals surface area contributed by atoms with Gasteiger partial charge in [-0.3, -0.25) is 14.5 Å². The molecule has 25 heavy (non-hydrogen) atoms. The molecule has 0 aliphatic rings. The fraction of sp³-hybridized carbons (Fsp3) is 0.350. The number of benzene rings is 1. The van der Waals surface area contributed by atoms with Crippen molar-refractivity contribution in [2.24, 2.45) is 7.05 Å². The Morgan fingerprint density at radius 1 is 1.20 bits per heavy atom. The summed E-state index contributed by atoms with van der Waals surface area (Å²) in [6.45, 7) is 6.27. The van der Waals surface area contributed by atoms with Gasteiger partial charge in [-0.25, -0.2) is 0 Å². The van der Waals surface area contributed by atoms with Crippen molar-refractivity contribution >= 4 is 16.8 Å². The van der Waals surface area contributed by atoms with Crippen LogP contribution in [0.3, 0.4) is 0 Å². The van der Waals surface area contributed by atoms with Gasteiger partial charge in [-0.2, -0.15) is 5.10 Å². The van der Waals surface area contributed by atoms with Gasteiger partial charge in [0.2, 0.25) is 5.91 Å². The van der Waals surface area contributed by atoms with E-state index in [4.69, 9.17) is 0 Å². The van der Waals surface area contributed by atoms with Gasteiger partial charge in [0, 0.05) is 18.6 Å². The number of nitrogens with one attached hydrogen (secondary N) is 1. The normalized spacial score (nSPS) is 12.5. The van der Waals surface area contributed by atoms with E-state index in [2.05, 4.69) is 41.4 Å². The number of aromatic nitrogens is 3. The maximum Gasteiger partial charge on any atom is 0.224 e. The fourth-order valence-electron chi connectivity index (χ4n) is 2.88. The zero-order valence-corrected chi connectivity index (χ0v) is 15.2. The van der Waals surface area contributed by atoms with Crippen LogP contribution < -0.4 is 5.32 Å². The van der Waals surface area contributed by atoms with E-state index in [1.165, 1.54) is 5.56 Å². The Labute approximate surface area is 148 Å². The summed E-state index contributed by atoms with van der Waals surface area (Å²) in [5.41, 5.74) is 4.00. The summed E-state index contributed by atoms with van der Waals surface area (Å²) in [5, 5.41) is 8.37. The van der Waals surface area contributed by atoms with E-state index in [1.54, 1.807) is 10.9 Å². The van der Waals surface area contributed by atoms with E-state index in [-0.39, 0.29) is 11.9 Å². The van der Waals surface area contributed by atoms with E-state index in [1.807, 2.05) is 38.4 Å². The van der Waals surface area contributed by atoms with Gasteiger partial charge >= 0.3 is 0 Å². The minimum absolute atomic E-state index is 0.00196. The van der Waals surface area contributed by atoms with Crippen molar-refractivity contribution in [3.05, 3.63) is 59.5 Å². The van der Waals surface area contributed by atoms with Crippen LogP contribution in [0.1, 0.15) is 49.6 Å². The smallest absolute Gasteiger partial charge is 0.224 e. The summed E-state index contributed by atoms with van der Waals surface area (Å²) in [6, 6.07) is 10.1. The Morgan fingerprint density at radius 2 is 1.92 bits per heavy atom. The van der Waals surface area contributed by atoms with Crippen molar-refractivity contribution in [3.8, 4) is 0 Å². The van der Waals surface area contributed by atoms with Gasteiger partial charge in [-0.15, -0.1) is 0 Å². The van der Waals surface area contributed by atoms with Crippen LogP contribution in [0.15, 0.2) is 42.7 Å². The first-order chi connectivity index (χ1) is 11.9. The lowest BCUT2D eigenvalue weighted by Gasteiger charge is -2.14. The molecule has 0 saturated heterocycles. The summed E-state index contributed by atoms with van der Waals surface area (Å²) < 4.78 is 1.76. The van der Waals surface area contributed by atoms with Crippen LogP contribution >= 0.6 is 0 Å². The number of rotatable bonds is 5. The zero-order chi connectivity index (χ0) is 18.0. The number of hydrogen-bond donors (Lipinski definition) is 1. The van der Waals surface area contributed by atoms with E-state index in [9.17, 15) is 4.79 Å². The minimum Gasteiger partial charge on any atom is -0.348 e. The summed E-state index contributed by atoms with van der Waals surface area (Å²) in [4.78, 5) is 16.7. The van der Waals surface area contributed by atoms with Crippen molar-refractivity contribution < 1.29 is 4.79 Å². The molecule has 0 saturated carbocycles. The third kappa shape index (κ3) is 4.05. The highest BCUT2D eigenvalue weighted by Gasteiger charge is 2.13. The number of carbonyl (C=O) groups excluding carboxylic acids is 1. The fourth-order valence-corrected chi connectivity index (χ4v) is 2.88. The highest BCUT2D eigenvalue weighted by molar-refractivity contribution is 5.80. The second kappa shape index (κ2) is 7.05. The largest absolute Gasteiger partial charge is 0.348 e. The Bertz CT molecular complexity index is 880. The number of amides is 1. The van der Waals surface area contributed by atoms with Gasteiger partial charge in [0.05, 0.1) is 24.4 Å².